The van der Waals surface area contributed by atoms with Gasteiger partial charge in [-0.25, -0.2) is 4.79 Å². The van der Waals surface area contributed by atoms with E-state index in [9.17, 15) is 4.79 Å². The first-order valence-electron chi connectivity index (χ1n) is 3.40. The molecule has 0 amide bonds. The van der Waals surface area contributed by atoms with Crippen molar-refractivity contribution in [3.8, 4) is 0 Å². The van der Waals surface area contributed by atoms with Crippen LogP contribution >= 0.6 is 0 Å². The summed E-state index contributed by atoms with van der Waals surface area (Å²) in [7, 11) is 0. The molecule has 12 heavy (non-hydrogen) atoms. The lowest BCUT2D eigenvalue weighted by Crippen LogP contribution is -1.93. The van der Waals surface area contributed by atoms with Crippen LogP contribution in [0.2, 0.25) is 0 Å². The molecule has 0 aliphatic rings. The molecule has 0 radical (unpaired) electrons. The molecular formula is C9H10O3. The van der Waals surface area contributed by atoms with Gasteiger partial charge in [0.15, 0.2) is 0 Å². The van der Waals surface area contributed by atoms with Crippen molar-refractivity contribution >= 4 is 12.3 Å². The maximum Gasteiger partial charge on any atom is 0.335 e. The van der Waals surface area contributed by atoms with Crippen LogP contribution < -0.4 is 0 Å². The zero-order chi connectivity index (χ0) is 9.40. The first-order chi connectivity index (χ1) is 5.72. The van der Waals surface area contributed by atoms with Gasteiger partial charge in [0.05, 0.1) is 5.56 Å². The van der Waals surface area contributed by atoms with Crippen molar-refractivity contribution in [1.82, 2.24) is 0 Å². The third kappa shape index (κ3) is 4.22. The second-order valence-electron chi connectivity index (χ2n) is 1.91. The summed E-state index contributed by atoms with van der Waals surface area (Å²) in [6, 6.07) is 8.30. The zero-order valence-corrected chi connectivity index (χ0v) is 6.73. The molecular weight excluding hydrogens is 156 g/mol. The summed E-state index contributed by atoms with van der Waals surface area (Å²) in [4.78, 5) is 19.0. The van der Waals surface area contributed by atoms with Crippen LogP contribution in [0.25, 0.3) is 0 Å². The van der Waals surface area contributed by atoms with Crippen LogP contribution in [0, 0.1) is 0 Å². The molecule has 0 fully saturated rings. The second-order valence-corrected chi connectivity index (χ2v) is 1.91. The van der Waals surface area contributed by atoms with Gasteiger partial charge >= 0.3 is 5.97 Å². The average Bonchev–Trinajstić information content (AvgIpc) is 2.07. The molecule has 0 heterocycles. The minimum Gasteiger partial charge on any atom is -0.478 e. The van der Waals surface area contributed by atoms with E-state index in [0.29, 0.717) is 5.56 Å². The van der Waals surface area contributed by atoms with E-state index < -0.39 is 5.97 Å². The summed E-state index contributed by atoms with van der Waals surface area (Å²) in [6.07, 6.45) is 0.750. The summed E-state index contributed by atoms with van der Waals surface area (Å²) in [5, 5.41) is 8.38. The van der Waals surface area contributed by atoms with Gasteiger partial charge in [0, 0.05) is 0 Å². The van der Waals surface area contributed by atoms with E-state index in [1.165, 1.54) is 6.92 Å². The van der Waals surface area contributed by atoms with E-state index >= 15 is 0 Å². The fourth-order valence-corrected chi connectivity index (χ4v) is 0.581. The van der Waals surface area contributed by atoms with Crippen molar-refractivity contribution in [1.29, 1.82) is 0 Å². The predicted molar refractivity (Wildman–Crippen MR) is 45.1 cm³/mol. The number of hydrogen-bond donors (Lipinski definition) is 1. The van der Waals surface area contributed by atoms with E-state index in [-0.39, 0.29) is 0 Å². The van der Waals surface area contributed by atoms with Crippen LogP contribution in [0.4, 0.5) is 0 Å². The van der Waals surface area contributed by atoms with Crippen molar-refractivity contribution in [2.24, 2.45) is 0 Å². The van der Waals surface area contributed by atoms with E-state index in [1.807, 2.05) is 0 Å². The first-order valence-corrected chi connectivity index (χ1v) is 3.40. The molecule has 1 aromatic rings. The molecule has 0 saturated heterocycles. The first kappa shape index (κ1) is 10.4. The van der Waals surface area contributed by atoms with Crippen molar-refractivity contribution < 1.29 is 14.7 Å². The molecule has 0 spiro atoms. The number of rotatable bonds is 1. The SMILES string of the molecule is CC=O.O=C(O)c1ccccc1. The average molecular weight is 166 g/mol. The number of carbonyl (C=O) groups excluding carboxylic acids is 1. The smallest absolute Gasteiger partial charge is 0.335 e. The van der Waals surface area contributed by atoms with Crippen molar-refractivity contribution in [2.45, 2.75) is 6.92 Å². The van der Waals surface area contributed by atoms with Crippen molar-refractivity contribution in [3.05, 3.63) is 35.9 Å². The Morgan fingerprint density at radius 3 is 2.00 bits per heavy atom. The van der Waals surface area contributed by atoms with Crippen LogP contribution in [-0.2, 0) is 4.79 Å². The summed E-state index contributed by atoms with van der Waals surface area (Å²) in [5.41, 5.74) is 0.331. The fourth-order valence-electron chi connectivity index (χ4n) is 0.581. The summed E-state index contributed by atoms with van der Waals surface area (Å²) < 4.78 is 0. The van der Waals surface area contributed by atoms with Crippen LogP contribution in [0.1, 0.15) is 17.3 Å². The third-order valence-electron chi connectivity index (χ3n) is 1.02. The van der Waals surface area contributed by atoms with Gasteiger partial charge in [0.2, 0.25) is 0 Å². The van der Waals surface area contributed by atoms with Gasteiger partial charge < -0.3 is 9.90 Å². The number of benzene rings is 1. The van der Waals surface area contributed by atoms with Gasteiger partial charge in [0.1, 0.15) is 6.29 Å². The minimum atomic E-state index is -0.879. The van der Waals surface area contributed by atoms with Crippen LogP contribution in [0.5, 0.6) is 0 Å². The van der Waals surface area contributed by atoms with Gasteiger partial charge in [-0.1, -0.05) is 18.2 Å². The van der Waals surface area contributed by atoms with Gasteiger partial charge in [-0.2, -0.15) is 0 Å². The Balaban J connectivity index is 0.000000354. The van der Waals surface area contributed by atoms with Gasteiger partial charge in [-0.3, -0.25) is 0 Å². The maximum atomic E-state index is 10.2. The molecule has 64 valence electrons. The molecule has 0 unspecified atom stereocenters. The topological polar surface area (TPSA) is 54.4 Å². The molecule has 0 saturated carbocycles. The molecule has 0 aliphatic heterocycles. The van der Waals surface area contributed by atoms with E-state index in [4.69, 9.17) is 9.90 Å². The lowest BCUT2D eigenvalue weighted by molar-refractivity contribution is -0.106. The number of carboxylic acids is 1. The fraction of sp³-hybridized carbons (Fsp3) is 0.111. The van der Waals surface area contributed by atoms with Crippen LogP contribution in [0.15, 0.2) is 30.3 Å². The Labute approximate surface area is 70.6 Å². The highest BCUT2D eigenvalue weighted by Gasteiger charge is 1.96. The lowest BCUT2D eigenvalue weighted by Gasteiger charge is -1.88. The summed E-state index contributed by atoms with van der Waals surface area (Å²) >= 11 is 0. The maximum absolute atomic E-state index is 10.2. The number of aldehydes is 1. The van der Waals surface area contributed by atoms with Crippen LogP contribution in [0.3, 0.4) is 0 Å². The molecule has 1 rings (SSSR count). The lowest BCUT2D eigenvalue weighted by atomic mass is 10.2. The standard InChI is InChI=1S/C7H6O2.C2H4O/c8-7(9)6-4-2-1-3-5-6;1-2-3/h1-5H,(H,8,9);2H,1H3. The molecule has 0 bridgehead atoms. The monoisotopic (exact) mass is 166 g/mol. The Hall–Kier alpha value is -1.64. The van der Waals surface area contributed by atoms with Crippen molar-refractivity contribution in [3.63, 3.8) is 0 Å². The molecule has 0 atom stereocenters. The van der Waals surface area contributed by atoms with Gasteiger partial charge in [0.25, 0.3) is 0 Å². The quantitative estimate of drug-likeness (QED) is 0.644. The number of carbonyl (C=O) groups is 2. The Morgan fingerprint density at radius 2 is 1.75 bits per heavy atom. The highest BCUT2D eigenvalue weighted by atomic mass is 16.4. The summed E-state index contributed by atoms with van der Waals surface area (Å²) in [6.45, 7) is 1.44. The van der Waals surface area contributed by atoms with E-state index in [1.54, 1.807) is 30.3 Å². The highest BCUT2D eigenvalue weighted by molar-refractivity contribution is 5.87. The molecule has 3 heteroatoms. The molecule has 1 N–H and O–H groups in total. The molecule has 0 aliphatic carbocycles. The summed E-state index contributed by atoms with van der Waals surface area (Å²) in [5.74, 6) is -0.879. The largest absolute Gasteiger partial charge is 0.478 e. The van der Waals surface area contributed by atoms with E-state index in [0.717, 1.165) is 6.29 Å². The van der Waals surface area contributed by atoms with Crippen LogP contribution in [-0.4, -0.2) is 17.4 Å². The van der Waals surface area contributed by atoms with E-state index in [2.05, 4.69) is 0 Å². The minimum absolute atomic E-state index is 0.331. The normalized spacial score (nSPS) is 7.75. The number of carboxylic acid groups (broad SMARTS) is 1. The second kappa shape index (κ2) is 6.09. The molecule has 0 aromatic heterocycles. The zero-order valence-electron chi connectivity index (χ0n) is 6.73. The predicted octanol–water partition coefficient (Wildman–Crippen LogP) is 1.59. The third-order valence-corrected chi connectivity index (χ3v) is 1.02. The number of hydrogen-bond acceptors (Lipinski definition) is 2. The van der Waals surface area contributed by atoms with Gasteiger partial charge in [-0.05, 0) is 19.1 Å². The Morgan fingerprint density at radius 1 is 1.33 bits per heavy atom. The van der Waals surface area contributed by atoms with Crippen molar-refractivity contribution in [2.75, 3.05) is 0 Å². The highest BCUT2D eigenvalue weighted by Crippen LogP contribution is 1.96. The Kier molecular flexibility index (Phi) is 5.26. The molecule has 1 aromatic carbocycles. The molecule has 3 nitrogen and oxygen atoms in total. The number of aromatic carboxylic acids is 1. The van der Waals surface area contributed by atoms with Gasteiger partial charge in [-0.15, -0.1) is 0 Å². The Bertz CT molecular complexity index is 241.